The summed E-state index contributed by atoms with van der Waals surface area (Å²) >= 11 is 0. The summed E-state index contributed by atoms with van der Waals surface area (Å²) in [5, 5.41) is 8.85. The molecular formula is C12H15F3N2O2. The zero-order chi connectivity index (χ0) is 14.5. The maximum Gasteiger partial charge on any atom is 0.406 e. The van der Waals surface area contributed by atoms with E-state index in [4.69, 9.17) is 5.11 Å². The van der Waals surface area contributed by atoms with Gasteiger partial charge in [0.2, 0.25) is 0 Å². The predicted molar refractivity (Wildman–Crippen MR) is 63.7 cm³/mol. The number of aromatic nitrogens is 1. The van der Waals surface area contributed by atoms with E-state index < -0.39 is 18.6 Å². The molecule has 0 fully saturated rings. The zero-order valence-electron chi connectivity index (χ0n) is 10.2. The van der Waals surface area contributed by atoms with Crippen LogP contribution < -0.4 is 0 Å². The van der Waals surface area contributed by atoms with Crippen LogP contribution in [0.2, 0.25) is 0 Å². The molecule has 0 aromatic carbocycles. The number of nitrogens with zero attached hydrogens (tertiary/aromatic N) is 2. The van der Waals surface area contributed by atoms with Gasteiger partial charge in [0.1, 0.15) is 12.2 Å². The van der Waals surface area contributed by atoms with Crippen LogP contribution in [0.5, 0.6) is 0 Å². The fourth-order valence-electron chi connectivity index (χ4n) is 1.65. The number of alkyl halides is 3. The topological polar surface area (TPSA) is 45.5 Å². The van der Waals surface area contributed by atoms with Gasteiger partial charge in [0.15, 0.2) is 0 Å². The second-order valence-electron chi connectivity index (χ2n) is 3.90. The second kappa shape index (κ2) is 6.42. The highest BCUT2D eigenvalue weighted by molar-refractivity contribution is 5.92. The van der Waals surface area contributed by atoms with Crippen molar-refractivity contribution in [2.24, 2.45) is 0 Å². The molecule has 4 nitrogen and oxygen atoms in total. The zero-order valence-corrected chi connectivity index (χ0v) is 10.2. The number of aliphatic hydroxyl groups is 1. The quantitative estimate of drug-likeness (QED) is 0.803. The molecular weight excluding hydrogens is 261 g/mol. The van der Waals surface area contributed by atoms with Gasteiger partial charge in [-0.3, -0.25) is 4.79 Å². The summed E-state index contributed by atoms with van der Waals surface area (Å²) in [5.41, 5.74) is -0.0624. The van der Waals surface area contributed by atoms with Crippen molar-refractivity contribution in [1.29, 1.82) is 0 Å². The van der Waals surface area contributed by atoms with Crippen LogP contribution in [0.4, 0.5) is 13.2 Å². The third-order valence-corrected chi connectivity index (χ3v) is 2.40. The maximum absolute atomic E-state index is 12.4. The predicted octanol–water partition coefficient (Wildman–Crippen LogP) is 1.67. The lowest BCUT2D eigenvalue weighted by atomic mass is 10.3. The largest absolute Gasteiger partial charge is 0.406 e. The van der Waals surface area contributed by atoms with Gasteiger partial charge in [-0.2, -0.15) is 13.2 Å². The van der Waals surface area contributed by atoms with E-state index in [1.54, 1.807) is 0 Å². The molecule has 1 heterocycles. The molecule has 7 heteroatoms. The summed E-state index contributed by atoms with van der Waals surface area (Å²) < 4.78 is 37.9. The number of amides is 1. The second-order valence-corrected chi connectivity index (χ2v) is 3.90. The molecule has 0 aliphatic carbocycles. The first kappa shape index (κ1) is 15.3. The molecule has 0 radical (unpaired) electrons. The molecule has 1 rings (SSSR count). The number of carbonyl (C=O) groups is 1. The molecule has 1 aromatic rings. The maximum atomic E-state index is 12.4. The first-order chi connectivity index (χ1) is 8.89. The minimum Gasteiger partial charge on any atom is -0.395 e. The third kappa shape index (κ3) is 4.44. The van der Waals surface area contributed by atoms with Gasteiger partial charge in [0.05, 0.1) is 6.61 Å². The Morgan fingerprint density at radius 3 is 2.74 bits per heavy atom. The summed E-state index contributed by atoms with van der Waals surface area (Å²) in [4.78, 5) is 13.3. The number of carbonyl (C=O) groups excluding carboxylic acids is 1. The van der Waals surface area contributed by atoms with Crippen molar-refractivity contribution >= 4 is 5.91 Å². The molecule has 1 amide bonds. The van der Waals surface area contributed by atoms with Gasteiger partial charge in [-0.25, -0.2) is 0 Å². The summed E-state index contributed by atoms with van der Waals surface area (Å²) in [6.45, 7) is 2.19. The van der Waals surface area contributed by atoms with Crippen LogP contribution in [0.25, 0.3) is 0 Å². The fourth-order valence-corrected chi connectivity index (χ4v) is 1.65. The van der Waals surface area contributed by atoms with Gasteiger partial charge in [-0.1, -0.05) is 6.08 Å². The molecule has 19 heavy (non-hydrogen) atoms. The highest BCUT2D eigenvalue weighted by atomic mass is 19.4. The van der Waals surface area contributed by atoms with Crippen LogP contribution >= 0.6 is 0 Å². The Bertz CT molecular complexity index is 440. The molecule has 106 valence electrons. The molecule has 1 aromatic heterocycles. The van der Waals surface area contributed by atoms with Crippen LogP contribution in [-0.4, -0.2) is 46.4 Å². The smallest absolute Gasteiger partial charge is 0.395 e. The molecule has 0 saturated heterocycles. The molecule has 0 unspecified atom stereocenters. The Hall–Kier alpha value is -1.76. The average molecular weight is 276 g/mol. The van der Waals surface area contributed by atoms with Crippen molar-refractivity contribution in [3.05, 3.63) is 36.7 Å². The molecule has 1 N–H and O–H groups in total. The lowest BCUT2D eigenvalue weighted by Gasteiger charge is -2.21. The lowest BCUT2D eigenvalue weighted by molar-refractivity contribution is -0.140. The van der Waals surface area contributed by atoms with E-state index >= 15 is 0 Å². The van der Waals surface area contributed by atoms with E-state index in [0.717, 1.165) is 4.57 Å². The number of hydrogen-bond donors (Lipinski definition) is 1. The minimum atomic E-state index is -4.39. The lowest BCUT2D eigenvalue weighted by Crippen LogP contribution is -2.35. The minimum absolute atomic E-state index is 0.0437. The van der Waals surface area contributed by atoms with Gasteiger partial charge < -0.3 is 14.6 Å². The Morgan fingerprint density at radius 2 is 2.21 bits per heavy atom. The standard InChI is InChI=1S/C12H15F3N2O2/c1-2-5-16(7-8-18)11(19)10-4-3-6-17(10)9-12(13,14)15/h2-4,6,18H,1,5,7-9H2. The first-order valence-corrected chi connectivity index (χ1v) is 5.62. The van der Waals surface area contributed by atoms with E-state index in [9.17, 15) is 18.0 Å². The van der Waals surface area contributed by atoms with Crippen molar-refractivity contribution in [3.63, 3.8) is 0 Å². The molecule has 0 atom stereocenters. The summed E-state index contributed by atoms with van der Waals surface area (Å²) in [5.74, 6) is -0.566. The first-order valence-electron chi connectivity index (χ1n) is 5.62. The summed E-state index contributed by atoms with van der Waals surface area (Å²) in [6, 6.07) is 2.70. The normalized spacial score (nSPS) is 11.4. The number of rotatable bonds is 6. The monoisotopic (exact) mass is 276 g/mol. The van der Waals surface area contributed by atoms with Crippen molar-refractivity contribution in [1.82, 2.24) is 9.47 Å². The van der Waals surface area contributed by atoms with E-state index in [0.29, 0.717) is 0 Å². The highest BCUT2D eigenvalue weighted by Gasteiger charge is 2.30. The molecule has 0 aliphatic rings. The van der Waals surface area contributed by atoms with Crippen LogP contribution in [0, 0.1) is 0 Å². The van der Waals surface area contributed by atoms with Crippen LogP contribution in [0.3, 0.4) is 0 Å². The Balaban J connectivity index is 2.92. The van der Waals surface area contributed by atoms with Crippen molar-refractivity contribution in [3.8, 4) is 0 Å². The average Bonchev–Trinajstić information content (AvgIpc) is 2.73. The van der Waals surface area contributed by atoms with E-state index in [1.807, 2.05) is 0 Å². The Labute approximate surface area is 108 Å². The molecule has 0 bridgehead atoms. The van der Waals surface area contributed by atoms with Crippen LogP contribution in [-0.2, 0) is 6.54 Å². The van der Waals surface area contributed by atoms with Crippen molar-refractivity contribution < 1.29 is 23.1 Å². The Morgan fingerprint density at radius 1 is 1.53 bits per heavy atom. The van der Waals surface area contributed by atoms with Gasteiger partial charge in [-0.15, -0.1) is 6.58 Å². The van der Waals surface area contributed by atoms with Gasteiger partial charge >= 0.3 is 6.18 Å². The third-order valence-electron chi connectivity index (χ3n) is 2.40. The summed E-state index contributed by atoms with van der Waals surface area (Å²) in [6.07, 6.45) is -1.75. The highest BCUT2D eigenvalue weighted by Crippen LogP contribution is 2.19. The van der Waals surface area contributed by atoms with Gasteiger partial charge in [-0.05, 0) is 12.1 Å². The number of hydrogen-bond acceptors (Lipinski definition) is 2. The van der Waals surface area contributed by atoms with E-state index in [1.165, 1.54) is 29.3 Å². The fraction of sp³-hybridized carbons (Fsp3) is 0.417. The van der Waals surface area contributed by atoms with E-state index in [2.05, 4.69) is 6.58 Å². The summed E-state index contributed by atoms with van der Waals surface area (Å²) in [7, 11) is 0. The molecule has 0 spiro atoms. The molecule has 0 saturated carbocycles. The van der Waals surface area contributed by atoms with Crippen LogP contribution in [0.15, 0.2) is 31.0 Å². The number of halogens is 3. The van der Waals surface area contributed by atoms with Gasteiger partial charge in [0, 0.05) is 19.3 Å². The van der Waals surface area contributed by atoms with Crippen LogP contribution in [0.1, 0.15) is 10.5 Å². The number of aliphatic hydroxyl groups excluding tert-OH is 1. The van der Waals surface area contributed by atoms with Crippen molar-refractivity contribution in [2.75, 3.05) is 19.7 Å². The Kier molecular flexibility index (Phi) is 5.17. The van der Waals surface area contributed by atoms with E-state index in [-0.39, 0.29) is 25.4 Å². The van der Waals surface area contributed by atoms with Crippen molar-refractivity contribution in [2.45, 2.75) is 12.7 Å². The SMILES string of the molecule is C=CCN(CCO)C(=O)c1cccn1CC(F)(F)F. The molecule has 0 aliphatic heterocycles. The van der Waals surface area contributed by atoms with Gasteiger partial charge in [0.25, 0.3) is 5.91 Å².